The average molecular weight is 274 g/mol. The molecule has 0 unspecified atom stereocenters. The smallest absolute Gasteiger partial charge is 0.415 e. The van der Waals surface area contributed by atoms with Gasteiger partial charge < -0.3 is 9.15 Å². The van der Waals surface area contributed by atoms with Crippen molar-refractivity contribution in [1.82, 2.24) is 4.98 Å². The predicted molar refractivity (Wildman–Crippen MR) is 56.5 cm³/mol. The third kappa shape index (κ3) is 5.11. The Balaban J connectivity index is 2.37. The summed E-state index contributed by atoms with van der Waals surface area (Å²) < 4.78 is 7.78. The van der Waals surface area contributed by atoms with E-state index in [-0.39, 0.29) is 12.6 Å². The van der Waals surface area contributed by atoms with Crippen LogP contribution in [0.3, 0.4) is 0 Å². The van der Waals surface area contributed by atoms with Crippen molar-refractivity contribution in [3.8, 4) is 0 Å². The normalized spacial score (nSPS) is 11.2. The quantitative estimate of drug-likeness (QED) is 0.842. The second-order valence-electron chi connectivity index (χ2n) is 2.61. The van der Waals surface area contributed by atoms with Crippen molar-refractivity contribution in [2.24, 2.45) is 0 Å². The Morgan fingerprint density at radius 3 is 2.80 bits per heavy atom. The molecule has 1 N–H and O–H groups in total. The van der Waals surface area contributed by atoms with Crippen molar-refractivity contribution >= 4 is 46.9 Å². The molecule has 1 heterocycles. The van der Waals surface area contributed by atoms with E-state index < -0.39 is 9.89 Å². The van der Waals surface area contributed by atoms with Crippen LogP contribution in [0, 0.1) is 6.92 Å². The summed E-state index contributed by atoms with van der Waals surface area (Å²) in [6.45, 7) is 1.35. The van der Waals surface area contributed by atoms with E-state index in [0.29, 0.717) is 5.69 Å². The minimum atomic E-state index is -1.64. The monoisotopic (exact) mass is 272 g/mol. The molecule has 0 atom stereocenters. The van der Waals surface area contributed by atoms with Crippen LogP contribution in [-0.4, -0.2) is 21.5 Å². The molecule has 0 spiro atoms. The lowest BCUT2D eigenvalue weighted by atomic mass is 10.6. The van der Waals surface area contributed by atoms with Gasteiger partial charge in [0, 0.05) is 0 Å². The minimum Gasteiger partial charge on any atom is -0.445 e. The number of hydrogen-bond acceptors (Lipinski definition) is 4. The van der Waals surface area contributed by atoms with Gasteiger partial charge in [-0.2, -0.15) is 4.98 Å². The first-order valence-corrected chi connectivity index (χ1v) is 4.93. The number of hydrogen-bond donors (Lipinski definition) is 1. The van der Waals surface area contributed by atoms with Crippen molar-refractivity contribution in [1.29, 1.82) is 0 Å². The molecule has 1 aromatic heterocycles. The number of carbonyl (C=O) groups is 1. The van der Waals surface area contributed by atoms with Crippen LogP contribution in [0.1, 0.15) is 5.69 Å². The fraction of sp³-hybridized carbons (Fsp3) is 0.429. The Hall–Kier alpha value is -0.650. The molecule has 0 bridgehead atoms. The van der Waals surface area contributed by atoms with E-state index in [0.717, 1.165) is 0 Å². The number of nitrogens with one attached hydrogen (secondary N) is 1. The Kier molecular flexibility index (Phi) is 4.07. The molecule has 0 aliphatic carbocycles. The topological polar surface area (TPSA) is 64.4 Å². The molecule has 1 amide bonds. The number of aromatic nitrogens is 1. The number of ether oxygens (including phenoxy) is 1. The van der Waals surface area contributed by atoms with E-state index in [1.165, 1.54) is 6.26 Å². The van der Waals surface area contributed by atoms with Crippen LogP contribution in [0.4, 0.5) is 10.8 Å². The van der Waals surface area contributed by atoms with E-state index in [1.807, 2.05) is 0 Å². The summed E-state index contributed by atoms with van der Waals surface area (Å²) in [5, 5.41) is 2.22. The number of anilines is 1. The van der Waals surface area contributed by atoms with Crippen LogP contribution in [0.25, 0.3) is 0 Å². The SMILES string of the molecule is Cc1coc(NC(=O)OCC(Cl)(Cl)Cl)n1. The highest BCUT2D eigenvalue weighted by atomic mass is 35.6. The molecule has 0 saturated carbocycles. The number of carbonyl (C=O) groups excluding carboxylic acids is 1. The van der Waals surface area contributed by atoms with Gasteiger partial charge in [-0.1, -0.05) is 34.8 Å². The third-order valence-corrected chi connectivity index (χ3v) is 1.52. The molecule has 1 aromatic rings. The van der Waals surface area contributed by atoms with Gasteiger partial charge in [-0.15, -0.1) is 0 Å². The Bertz CT molecular complexity index is 347. The number of oxazole rings is 1. The van der Waals surface area contributed by atoms with Crippen molar-refractivity contribution in [2.75, 3.05) is 11.9 Å². The molecule has 0 radical (unpaired) electrons. The maximum absolute atomic E-state index is 11.1. The second-order valence-corrected chi connectivity index (χ2v) is 5.13. The van der Waals surface area contributed by atoms with Gasteiger partial charge in [0.1, 0.15) is 12.9 Å². The Morgan fingerprint density at radius 1 is 1.67 bits per heavy atom. The number of amides is 1. The first kappa shape index (κ1) is 12.4. The molecule has 0 aliphatic heterocycles. The highest BCUT2D eigenvalue weighted by Gasteiger charge is 2.22. The first-order valence-electron chi connectivity index (χ1n) is 3.79. The standard InChI is InChI=1S/C7H7Cl3N2O3/c1-4-2-14-5(11-4)12-6(13)15-3-7(8,9)10/h2H,3H2,1H3,(H,11,12,13). The van der Waals surface area contributed by atoms with Crippen molar-refractivity contribution in [2.45, 2.75) is 10.7 Å². The Labute approximate surface area is 101 Å². The molecule has 8 heteroatoms. The van der Waals surface area contributed by atoms with Crippen molar-refractivity contribution in [3.63, 3.8) is 0 Å². The van der Waals surface area contributed by atoms with Crippen molar-refractivity contribution < 1.29 is 13.9 Å². The zero-order chi connectivity index (χ0) is 11.5. The number of halogens is 3. The summed E-state index contributed by atoms with van der Waals surface area (Å²) in [7, 11) is 0. The maximum atomic E-state index is 11.1. The molecule has 0 fully saturated rings. The maximum Gasteiger partial charge on any atom is 0.415 e. The van der Waals surface area contributed by atoms with Gasteiger partial charge in [-0.25, -0.2) is 10.1 Å². The summed E-state index contributed by atoms with van der Waals surface area (Å²) in [4.78, 5) is 14.9. The molecule has 84 valence electrons. The van der Waals surface area contributed by atoms with Gasteiger partial charge in [0.2, 0.25) is 3.79 Å². The second kappa shape index (κ2) is 4.92. The van der Waals surface area contributed by atoms with Gasteiger partial charge in [-0.3, -0.25) is 0 Å². The van der Waals surface area contributed by atoms with E-state index in [9.17, 15) is 4.79 Å². The van der Waals surface area contributed by atoms with Crippen LogP contribution < -0.4 is 5.32 Å². The molecule has 0 aromatic carbocycles. The fourth-order valence-electron chi connectivity index (χ4n) is 0.682. The van der Waals surface area contributed by atoms with E-state index in [2.05, 4.69) is 15.0 Å². The van der Waals surface area contributed by atoms with Crippen LogP contribution in [0.2, 0.25) is 0 Å². The van der Waals surface area contributed by atoms with Crippen molar-refractivity contribution in [3.05, 3.63) is 12.0 Å². The minimum absolute atomic E-state index is 0.0295. The number of nitrogens with zero attached hydrogens (tertiary/aromatic N) is 1. The van der Waals surface area contributed by atoms with Crippen LogP contribution in [-0.2, 0) is 4.74 Å². The zero-order valence-electron chi connectivity index (χ0n) is 7.59. The fourth-order valence-corrected chi connectivity index (χ4v) is 0.846. The van der Waals surface area contributed by atoms with Crippen LogP contribution in [0.5, 0.6) is 0 Å². The lowest BCUT2D eigenvalue weighted by molar-refractivity contribution is 0.163. The number of alkyl halides is 3. The number of rotatable bonds is 2. The molecular formula is C7H7Cl3N2O3. The first-order chi connectivity index (χ1) is 6.87. The summed E-state index contributed by atoms with van der Waals surface area (Å²) in [5.74, 6) is 0. The average Bonchev–Trinajstić information content (AvgIpc) is 2.47. The summed E-state index contributed by atoms with van der Waals surface area (Å²) >= 11 is 16.1. The Morgan fingerprint density at radius 2 is 2.33 bits per heavy atom. The van der Waals surface area contributed by atoms with Gasteiger partial charge in [0.25, 0.3) is 0 Å². The lowest BCUT2D eigenvalue weighted by Crippen LogP contribution is -2.21. The van der Waals surface area contributed by atoms with Gasteiger partial charge in [0.15, 0.2) is 0 Å². The van der Waals surface area contributed by atoms with E-state index in [1.54, 1.807) is 6.92 Å². The summed E-state index contributed by atoms with van der Waals surface area (Å²) in [6, 6.07) is 0.0295. The van der Waals surface area contributed by atoms with Gasteiger partial charge in [-0.05, 0) is 6.92 Å². The molecule has 15 heavy (non-hydrogen) atoms. The highest BCUT2D eigenvalue weighted by molar-refractivity contribution is 6.67. The molecule has 1 rings (SSSR count). The summed E-state index contributed by atoms with van der Waals surface area (Å²) in [6.07, 6.45) is 0.577. The molecule has 0 saturated heterocycles. The van der Waals surface area contributed by atoms with E-state index in [4.69, 9.17) is 39.2 Å². The van der Waals surface area contributed by atoms with Gasteiger partial charge >= 0.3 is 12.1 Å². The van der Waals surface area contributed by atoms with Gasteiger partial charge in [0.05, 0.1) is 5.69 Å². The largest absolute Gasteiger partial charge is 0.445 e. The summed E-state index contributed by atoms with van der Waals surface area (Å²) in [5.41, 5.74) is 0.631. The van der Waals surface area contributed by atoms with Crippen LogP contribution >= 0.6 is 34.8 Å². The third-order valence-electron chi connectivity index (χ3n) is 1.19. The lowest BCUT2D eigenvalue weighted by Gasteiger charge is -2.10. The van der Waals surface area contributed by atoms with E-state index >= 15 is 0 Å². The predicted octanol–water partition coefficient (Wildman–Crippen LogP) is 2.90. The molecule has 0 aliphatic rings. The zero-order valence-corrected chi connectivity index (χ0v) is 9.86. The molecule has 5 nitrogen and oxygen atoms in total. The molecular weight excluding hydrogens is 266 g/mol. The van der Waals surface area contributed by atoms with Crippen LogP contribution in [0.15, 0.2) is 10.7 Å². The number of aryl methyl sites for hydroxylation is 1. The highest BCUT2D eigenvalue weighted by Crippen LogP contribution is 2.25.